The van der Waals surface area contributed by atoms with E-state index in [4.69, 9.17) is 0 Å². The standard InChI is InChI=1S/C25H34NO/c27-23-26(21-13-3-1-7-15-24-17-9-5-10-18-24)22-14-4-2-8-16-25-19-11-6-12-20-25/h5-6,9-12,17-20H,1-4,7-8,13-16,21-22H2. The van der Waals surface area contributed by atoms with Gasteiger partial charge in [-0.15, -0.1) is 0 Å². The number of hydrogen-bond donors (Lipinski definition) is 0. The van der Waals surface area contributed by atoms with Crippen LogP contribution in [0.3, 0.4) is 0 Å². The zero-order chi connectivity index (χ0) is 19.0. The lowest BCUT2D eigenvalue weighted by Gasteiger charge is -2.16. The lowest BCUT2D eigenvalue weighted by molar-refractivity contribution is 0.357. The molecule has 0 N–H and O–H groups in total. The molecule has 0 aliphatic rings. The van der Waals surface area contributed by atoms with Crippen molar-refractivity contribution in [1.29, 1.82) is 0 Å². The van der Waals surface area contributed by atoms with Crippen molar-refractivity contribution < 1.29 is 4.79 Å². The van der Waals surface area contributed by atoms with Gasteiger partial charge in [-0.2, -0.15) is 0 Å². The minimum atomic E-state index is 0.860. The van der Waals surface area contributed by atoms with Gasteiger partial charge in [0.15, 0.2) is 0 Å². The van der Waals surface area contributed by atoms with Gasteiger partial charge in [-0.25, -0.2) is 0 Å². The fraction of sp³-hybridized carbons (Fsp3) is 0.480. The molecule has 1 radical (unpaired) electrons. The van der Waals surface area contributed by atoms with Gasteiger partial charge in [-0.1, -0.05) is 86.3 Å². The Morgan fingerprint density at radius 2 is 0.963 bits per heavy atom. The normalized spacial score (nSPS) is 10.7. The predicted octanol–water partition coefficient (Wildman–Crippen LogP) is 5.96. The van der Waals surface area contributed by atoms with E-state index in [9.17, 15) is 4.79 Å². The van der Waals surface area contributed by atoms with E-state index in [1.807, 2.05) is 4.90 Å². The molecule has 27 heavy (non-hydrogen) atoms. The molecule has 0 unspecified atom stereocenters. The van der Waals surface area contributed by atoms with Gasteiger partial charge in [0.1, 0.15) is 0 Å². The molecule has 0 aliphatic heterocycles. The van der Waals surface area contributed by atoms with Crippen molar-refractivity contribution in [3.63, 3.8) is 0 Å². The van der Waals surface area contributed by atoms with Crippen molar-refractivity contribution in [3.05, 3.63) is 71.8 Å². The molecular formula is C25H34NO. The van der Waals surface area contributed by atoms with Gasteiger partial charge in [0.25, 0.3) is 0 Å². The minimum Gasteiger partial charge on any atom is -0.334 e. The molecule has 0 saturated heterocycles. The van der Waals surface area contributed by atoms with E-state index in [1.165, 1.54) is 49.7 Å². The number of benzene rings is 2. The van der Waals surface area contributed by atoms with Gasteiger partial charge in [-0.3, -0.25) is 4.79 Å². The molecule has 0 fully saturated rings. The highest BCUT2D eigenvalue weighted by Crippen LogP contribution is 2.10. The Balaban J connectivity index is 1.42. The molecule has 0 aromatic heterocycles. The minimum absolute atomic E-state index is 0.860. The summed E-state index contributed by atoms with van der Waals surface area (Å²) in [4.78, 5) is 13.0. The monoisotopic (exact) mass is 364 g/mol. The van der Waals surface area contributed by atoms with Crippen LogP contribution < -0.4 is 0 Å². The number of carbonyl (C=O) groups excluding carboxylic acids is 1. The largest absolute Gasteiger partial charge is 0.334 e. The van der Waals surface area contributed by atoms with Gasteiger partial charge in [0.2, 0.25) is 0 Å². The summed E-state index contributed by atoms with van der Waals surface area (Å²) in [6.45, 7) is 1.72. The molecule has 2 nitrogen and oxygen atoms in total. The second-order valence-corrected chi connectivity index (χ2v) is 7.38. The highest BCUT2D eigenvalue weighted by atomic mass is 16.1. The lowest BCUT2D eigenvalue weighted by Crippen LogP contribution is -2.24. The van der Waals surface area contributed by atoms with Gasteiger partial charge < -0.3 is 4.90 Å². The second kappa shape index (κ2) is 14.0. The zero-order valence-electron chi connectivity index (χ0n) is 16.6. The molecule has 0 heterocycles. The summed E-state index contributed by atoms with van der Waals surface area (Å²) >= 11 is 0. The number of aryl methyl sites for hydroxylation is 2. The maximum absolute atomic E-state index is 11.1. The molecule has 2 aromatic carbocycles. The fourth-order valence-corrected chi connectivity index (χ4v) is 3.46. The summed E-state index contributed by atoms with van der Waals surface area (Å²) in [7, 11) is 0. The summed E-state index contributed by atoms with van der Waals surface area (Å²) < 4.78 is 0. The van der Waals surface area contributed by atoms with Crippen molar-refractivity contribution in [1.82, 2.24) is 4.90 Å². The third kappa shape index (κ3) is 9.98. The van der Waals surface area contributed by atoms with Gasteiger partial charge in [0, 0.05) is 13.1 Å². The summed E-state index contributed by atoms with van der Waals surface area (Å²) in [5.41, 5.74) is 2.85. The molecule has 0 atom stereocenters. The second-order valence-electron chi connectivity index (χ2n) is 7.38. The average Bonchev–Trinajstić information content (AvgIpc) is 2.73. The molecule has 0 aliphatic carbocycles. The van der Waals surface area contributed by atoms with Crippen LogP contribution in [0.25, 0.3) is 0 Å². The van der Waals surface area contributed by atoms with Crippen LogP contribution in [0.15, 0.2) is 60.7 Å². The molecule has 2 aromatic rings. The van der Waals surface area contributed by atoms with Crippen molar-refractivity contribution in [3.8, 4) is 0 Å². The topological polar surface area (TPSA) is 20.3 Å². The third-order valence-electron chi connectivity index (χ3n) is 5.10. The van der Waals surface area contributed by atoms with Gasteiger partial charge in [-0.05, 0) is 49.7 Å². The quantitative estimate of drug-likeness (QED) is 0.282. The average molecular weight is 365 g/mol. The Kier molecular flexibility index (Phi) is 11.0. The van der Waals surface area contributed by atoms with Crippen LogP contribution in [-0.2, 0) is 17.6 Å². The molecule has 145 valence electrons. The summed E-state index contributed by atoms with van der Waals surface area (Å²) in [6, 6.07) is 21.3. The molecule has 0 saturated carbocycles. The Hall–Kier alpha value is -2.09. The highest BCUT2D eigenvalue weighted by molar-refractivity contribution is 5.47. The van der Waals surface area contributed by atoms with Crippen LogP contribution in [0.1, 0.15) is 62.5 Å². The first-order valence-corrected chi connectivity index (χ1v) is 10.6. The highest BCUT2D eigenvalue weighted by Gasteiger charge is 2.03. The SMILES string of the molecule is O=[C]N(CCCCCCc1ccccc1)CCCCCCc1ccccc1. The number of amides is 1. The van der Waals surface area contributed by atoms with E-state index >= 15 is 0 Å². The van der Waals surface area contributed by atoms with E-state index < -0.39 is 0 Å². The maximum Gasteiger partial charge on any atom is 0.312 e. The third-order valence-corrected chi connectivity index (χ3v) is 5.10. The Bertz CT molecular complexity index is 545. The smallest absolute Gasteiger partial charge is 0.312 e. The van der Waals surface area contributed by atoms with Crippen molar-refractivity contribution in [2.45, 2.75) is 64.2 Å². The zero-order valence-corrected chi connectivity index (χ0v) is 16.6. The predicted molar refractivity (Wildman–Crippen MR) is 114 cm³/mol. The van der Waals surface area contributed by atoms with E-state index in [1.54, 1.807) is 0 Å². The summed E-state index contributed by atoms with van der Waals surface area (Å²) in [5.74, 6) is 0. The lowest BCUT2D eigenvalue weighted by atomic mass is 10.1. The van der Waals surface area contributed by atoms with Crippen molar-refractivity contribution >= 4 is 6.41 Å². The van der Waals surface area contributed by atoms with E-state index in [0.717, 1.165) is 38.8 Å². The molecule has 0 bridgehead atoms. The first-order chi connectivity index (χ1) is 13.4. The van der Waals surface area contributed by atoms with Crippen LogP contribution >= 0.6 is 0 Å². The number of rotatable bonds is 15. The van der Waals surface area contributed by atoms with Gasteiger partial charge in [0.05, 0.1) is 0 Å². The van der Waals surface area contributed by atoms with Crippen LogP contribution in [0.4, 0.5) is 0 Å². The molecule has 0 spiro atoms. The molecule has 1 amide bonds. The van der Waals surface area contributed by atoms with Crippen molar-refractivity contribution in [2.75, 3.05) is 13.1 Å². The summed E-state index contributed by atoms with van der Waals surface area (Å²) in [6.07, 6.45) is 14.0. The summed E-state index contributed by atoms with van der Waals surface area (Å²) in [5, 5.41) is 0. The van der Waals surface area contributed by atoms with Crippen LogP contribution in [0, 0.1) is 0 Å². The van der Waals surface area contributed by atoms with Crippen LogP contribution in [0.5, 0.6) is 0 Å². The Morgan fingerprint density at radius 1 is 0.556 bits per heavy atom. The van der Waals surface area contributed by atoms with E-state index in [0.29, 0.717) is 0 Å². The van der Waals surface area contributed by atoms with Gasteiger partial charge >= 0.3 is 6.41 Å². The van der Waals surface area contributed by atoms with E-state index in [-0.39, 0.29) is 0 Å². The number of nitrogens with zero attached hydrogens (tertiary/aromatic N) is 1. The molecule has 2 rings (SSSR count). The fourth-order valence-electron chi connectivity index (χ4n) is 3.46. The Labute approximate surface area is 165 Å². The first kappa shape index (κ1) is 21.2. The number of hydrogen-bond acceptors (Lipinski definition) is 1. The maximum atomic E-state index is 11.1. The first-order valence-electron chi connectivity index (χ1n) is 10.6. The van der Waals surface area contributed by atoms with Crippen LogP contribution in [0.2, 0.25) is 0 Å². The number of unbranched alkanes of at least 4 members (excludes halogenated alkanes) is 6. The Morgan fingerprint density at radius 3 is 1.37 bits per heavy atom. The molecule has 2 heteroatoms. The van der Waals surface area contributed by atoms with E-state index in [2.05, 4.69) is 67.1 Å². The van der Waals surface area contributed by atoms with Crippen LogP contribution in [-0.4, -0.2) is 24.4 Å². The molecular weight excluding hydrogens is 330 g/mol. The van der Waals surface area contributed by atoms with Crippen molar-refractivity contribution in [2.24, 2.45) is 0 Å².